The molecule has 0 radical (unpaired) electrons. The highest BCUT2D eigenvalue weighted by Gasteiger charge is 2.25. The molecular formula is C9H22N3O3S+. The average Bonchev–Trinajstić information content (AvgIpc) is 1.99. The molecule has 0 saturated heterocycles. The highest BCUT2D eigenvalue weighted by molar-refractivity contribution is 7.85. The van der Waals surface area contributed by atoms with Gasteiger partial charge in [-0.15, -0.1) is 0 Å². The van der Waals surface area contributed by atoms with Crippen LogP contribution >= 0.6 is 0 Å². The average molecular weight is 252 g/mol. The Morgan fingerprint density at radius 3 is 2.19 bits per heavy atom. The van der Waals surface area contributed by atoms with E-state index in [-0.39, 0.29) is 5.75 Å². The summed E-state index contributed by atoms with van der Waals surface area (Å²) < 4.78 is 30.3. The molecule has 1 N–H and O–H groups in total. The molecule has 0 atom stereocenters. The Kier molecular flexibility index (Phi) is 5.37. The van der Waals surface area contributed by atoms with Crippen LogP contribution in [0.3, 0.4) is 0 Å². The van der Waals surface area contributed by atoms with Gasteiger partial charge in [0.2, 0.25) is 0 Å². The van der Waals surface area contributed by atoms with Gasteiger partial charge in [0.1, 0.15) is 0 Å². The molecule has 6 nitrogen and oxygen atoms in total. The number of hydrogen-bond donors (Lipinski definition) is 1. The third-order valence-corrected chi connectivity index (χ3v) is 3.07. The van der Waals surface area contributed by atoms with Crippen LogP contribution in [-0.4, -0.2) is 75.8 Å². The Hall–Kier alpha value is -0.660. The Morgan fingerprint density at radius 2 is 1.88 bits per heavy atom. The highest BCUT2D eigenvalue weighted by Crippen LogP contribution is 2.05. The second-order valence-electron chi connectivity index (χ2n) is 4.47. The van der Waals surface area contributed by atoms with Crippen molar-refractivity contribution in [3.8, 4) is 0 Å². The molecule has 0 aromatic carbocycles. The first-order chi connectivity index (χ1) is 7.10. The van der Waals surface area contributed by atoms with E-state index in [4.69, 9.17) is 4.55 Å². The van der Waals surface area contributed by atoms with Gasteiger partial charge in [-0.25, -0.2) is 4.99 Å². The number of hydrogen-bond acceptors (Lipinski definition) is 3. The molecular weight excluding hydrogens is 230 g/mol. The molecule has 0 saturated carbocycles. The summed E-state index contributed by atoms with van der Waals surface area (Å²) >= 11 is 0. The lowest BCUT2D eigenvalue weighted by atomic mass is 10.4. The van der Waals surface area contributed by atoms with Gasteiger partial charge in [0, 0.05) is 27.6 Å². The summed E-state index contributed by atoms with van der Waals surface area (Å²) in [6, 6.07) is 0. The fraction of sp³-hybridized carbons (Fsp3) is 0.889. The Morgan fingerprint density at radius 1 is 1.38 bits per heavy atom. The van der Waals surface area contributed by atoms with Crippen molar-refractivity contribution in [2.45, 2.75) is 6.42 Å². The van der Waals surface area contributed by atoms with Crippen molar-refractivity contribution in [3.63, 3.8) is 0 Å². The molecule has 96 valence electrons. The SMILES string of the molecule is CN=C(N(C)C)[N+](C)(C)CCCS(=O)(=O)O. The molecule has 0 aliphatic rings. The molecule has 0 fully saturated rings. The molecule has 0 rings (SSSR count). The normalized spacial score (nSPS) is 14.0. The summed E-state index contributed by atoms with van der Waals surface area (Å²) in [5.74, 6) is 0.648. The quantitative estimate of drug-likeness (QED) is 0.328. The summed E-state index contributed by atoms with van der Waals surface area (Å²) in [6.45, 7) is 0.602. The van der Waals surface area contributed by atoms with Gasteiger partial charge in [-0.3, -0.25) is 9.04 Å². The van der Waals surface area contributed by atoms with E-state index >= 15 is 0 Å². The zero-order valence-corrected chi connectivity index (χ0v) is 11.5. The molecule has 16 heavy (non-hydrogen) atoms. The minimum atomic E-state index is -3.86. The Balaban J connectivity index is 4.46. The molecule has 0 aromatic rings. The highest BCUT2D eigenvalue weighted by atomic mass is 32.2. The van der Waals surface area contributed by atoms with Crippen molar-refractivity contribution in [1.82, 2.24) is 4.90 Å². The van der Waals surface area contributed by atoms with Crippen molar-refractivity contribution in [2.24, 2.45) is 4.99 Å². The van der Waals surface area contributed by atoms with Crippen molar-refractivity contribution in [2.75, 3.05) is 47.5 Å². The van der Waals surface area contributed by atoms with Gasteiger partial charge < -0.3 is 4.90 Å². The summed E-state index contributed by atoms with van der Waals surface area (Å²) in [6.07, 6.45) is 0.401. The first kappa shape index (κ1) is 15.3. The van der Waals surface area contributed by atoms with E-state index in [9.17, 15) is 8.42 Å². The fourth-order valence-corrected chi connectivity index (χ4v) is 2.25. The Labute approximate surface area is 97.9 Å². The molecule has 0 aliphatic carbocycles. The molecule has 7 heteroatoms. The van der Waals surface area contributed by atoms with E-state index in [1.54, 1.807) is 7.05 Å². The van der Waals surface area contributed by atoms with Crippen LogP contribution in [0, 0.1) is 0 Å². The maximum Gasteiger partial charge on any atom is 0.299 e. The minimum Gasteiger partial charge on any atom is -0.317 e. The molecule has 0 unspecified atom stereocenters. The monoisotopic (exact) mass is 252 g/mol. The predicted molar refractivity (Wildman–Crippen MR) is 65.1 cm³/mol. The van der Waals surface area contributed by atoms with Crippen molar-refractivity contribution >= 4 is 16.1 Å². The van der Waals surface area contributed by atoms with E-state index in [2.05, 4.69) is 4.99 Å². The van der Waals surface area contributed by atoms with Crippen LogP contribution in [0.4, 0.5) is 0 Å². The maximum atomic E-state index is 10.6. The van der Waals surface area contributed by atoms with E-state index in [0.29, 0.717) is 17.4 Å². The number of aliphatic imine (C=N–C) groups is 1. The lowest BCUT2D eigenvalue weighted by molar-refractivity contribution is -0.805. The smallest absolute Gasteiger partial charge is 0.299 e. The van der Waals surface area contributed by atoms with Gasteiger partial charge in [0.05, 0.1) is 26.4 Å². The second kappa shape index (κ2) is 5.60. The summed E-state index contributed by atoms with van der Waals surface area (Å²) in [4.78, 5) is 6.07. The van der Waals surface area contributed by atoms with Gasteiger partial charge in [-0.1, -0.05) is 0 Å². The molecule has 0 aromatic heterocycles. The zero-order chi connectivity index (χ0) is 13.0. The molecule has 0 heterocycles. The standard InChI is InChI=1S/C9H21N3O3S/c1-10-9(11(2)3)12(4,5)7-6-8-16(13,14)15/h6-8H2,1-5H3/p+1. The van der Waals surface area contributed by atoms with Crippen LogP contribution in [0.5, 0.6) is 0 Å². The van der Waals surface area contributed by atoms with E-state index in [0.717, 1.165) is 5.96 Å². The molecule has 0 spiro atoms. The van der Waals surface area contributed by atoms with Gasteiger partial charge in [0.25, 0.3) is 16.1 Å². The van der Waals surface area contributed by atoms with Gasteiger partial charge in [0.15, 0.2) is 0 Å². The lowest BCUT2D eigenvalue weighted by Crippen LogP contribution is -2.52. The summed E-state index contributed by atoms with van der Waals surface area (Å²) in [5.41, 5.74) is 0. The number of nitrogens with zero attached hydrogens (tertiary/aromatic N) is 3. The Bertz CT molecular complexity index is 347. The predicted octanol–water partition coefficient (Wildman–Crippen LogP) is -0.112. The first-order valence-corrected chi connectivity index (χ1v) is 6.64. The minimum absolute atomic E-state index is 0.209. The molecule has 0 amide bonds. The van der Waals surface area contributed by atoms with Gasteiger partial charge >= 0.3 is 0 Å². The third kappa shape index (κ3) is 5.43. The number of rotatable bonds is 4. The number of guanidine groups is 1. The zero-order valence-electron chi connectivity index (χ0n) is 10.6. The van der Waals surface area contributed by atoms with Crippen LogP contribution in [-0.2, 0) is 10.1 Å². The van der Waals surface area contributed by atoms with E-state index < -0.39 is 10.1 Å². The van der Waals surface area contributed by atoms with E-state index in [1.165, 1.54) is 0 Å². The van der Waals surface area contributed by atoms with Crippen LogP contribution in [0.25, 0.3) is 0 Å². The second-order valence-corrected chi connectivity index (χ2v) is 6.04. The molecule has 0 aliphatic heterocycles. The van der Waals surface area contributed by atoms with Crippen LogP contribution in [0.2, 0.25) is 0 Å². The summed E-state index contributed by atoms with van der Waals surface area (Å²) in [7, 11) is 5.53. The van der Waals surface area contributed by atoms with E-state index in [1.807, 2.05) is 33.1 Å². The maximum absolute atomic E-state index is 10.6. The van der Waals surface area contributed by atoms with Gasteiger partial charge in [-0.05, 0) is 0 Å². The number of quaternary nitrogens is 1. The lowest BCUT2D eigenvalue weighted by Gasteiger charge is -2.32. The largest absolute Gasteiger partial charge is 0.317 e. The van der Waals surface area contributed by atoms with Crippen LogP contribution in [0.1, 0.15) is 6.42 Å². The molecule has 0 bridgehead atoms. The van der Waals surface area contributed by atoms with Crippen molar-refractivity contribution in [1.29, 1.82) is 0 Å². The van der Waals surface area contributed by atoms with Crippen molar-refractivity contribution in [3.05, 3.63) is 0 Å². The fourth-order valence-electron chi connectivity index (χ4n) is 1.75. The van der Waals surface area contributed by atoms with Crippen molar-refractivity contribution < 1.29 is 17.5 Å². The summed E-state index contributed by atoms with van der Waals surface area (Å²) in [5, 5.41) is 0. The van der Waals surface area contributed by atoms with Crippen LogP contribution < -0.4 is 0 Å². The topological polar surface area (TPSA) is 70.0 Å². The third-order valence-electron chi connectivity index (χ3n) is 2.26. The van der Waals surface area contributed by atoms with Gasteiger partial charge in [-0.2, -0.15) is 8.42 Å². The van der Waals surface area contributed by atoms with Crippen LogP contribution in [0.15, 0.2) is 4.99 Å². The first-order valence-electron chi connectivity index (χ1n) is 5.03.